The van der Waals surface area contributed by atoms with Crippen LogP contribution in [0.3, 0.4) is 0 Å². The van der Waals surface area contributed by atoms with Gasteiger partial charge in [-0.2, -0.15) is 5.10 Å². The van der Waals surface area contributed by atoms with Gasteiger partial charge in [0, 0.05) is 38.9 Å². The molecular weight excluding hydrogens is 332 g/mol. The van der Waals surface area contributed by atoms with E-state index in [4.69, 9.17) is 9.47 Å². The highest BCUT2D eigenvalue weighted by atomic mass is 16.5. The number of carbonyl (C=O) groups is 1. The summed E-state index contributed by atoms with van der Waals surface area (Å²) in [6.45, 7) is 3.37. The Labute approximate surface area is 152 Å². The van der Waals surface area contributed by atoms with Gasteiger partial charge in [-0.15, -0.1) is 0 Å². The van der Waals surface area contributed by atoms with Crippen LogP contribution in [0.4, 0.5) is 0 Å². The first-order valence-corrected chi connectivity index (χ1v) is 9.06. The zero-order chi connectivity index (χ0) is 18.0. The van der Waals surface area contributed by atoms with Crippen molar-refractivity contribution in [3.05, 3.63) is 48.0 Å². The predicted octanol–water partition coefficient (Wildman–Crippen LogP) is 1.65. The van der Waals surface area contributed by atoms with Crippen LogP contribution in [0, 0.1) is 5.92 Å². The van der Waals surface area contributed by atoms with Crippen LogP contribution >= 0.6 is 0 Å². The van der Waals surface area contributed by atoms with Crippen LogP contribution in [0.25, 0.3) is 0 Å². The molecule has 26 heavy (non-hydrogen) atoms. The van der Waals surface area contributed by atoms with Crippen molar-refractivity contribution < 1.29 is 14.3 Å². The Morgan fingerprint density at radius 3 is 2.88 bits per heavy atom. The summed E-state index contributed by atoms with van der Waals surface area (Å²) in [4.78, 5) is 18.3. The SMILES string of the molecule is Cn1ccc(C(=O)N2CC3(C2)OCC[C@H]3CCOCc2ccncc2)n1. The molecule has 2 aliphatic heterocycles. The number of rotatable bonds is 6. The number of aromatic nitrogens is 3. The van der Waals surface area contributed by atoms with E-state index < -0.39 is 0 Å². The molecule has 0 unspecified atom stereocenters. The second-order valence-corrected chi connectivity index (χ2v) is 7.13. The van der Waals surface area contributed by atoms with Crippen molar-refractivity contribution >= 4 is 5.91 Å². The lowest BCUT2D eigenvalue weighted by atomic mass is 9.79. The molecule has 4 rings (SSSR count). The fraction of sp³-hybridized carbons (Fsp3) is 0.526. The molecule has 138 valence electrons. The molecule has 2 aromatic heterocycles. The molecule has 0 N–H and O–H groups in total. The summed E-state index contributed by atoms with van der Waals surface area (Å²) in [6.07, 6.45) is 7.33. The zero-order valence-electron chi connectivity index (χ0n) is 15.0. The minimum absolute atomic E-state index is 0.0144. The quantitative estimate of drug-likeness (QED) is 0.736. The molecule has 1 spiro atoms. The van der Waals surface area contributed by atoms with Crippen molar-refractivity contribution in [3.63, 3.8) is 0 Å². The number of ether oxygens (including phenoxy) is 2. The number of nitrogens with zero attached hydrogens (tertiary/aromatic N) is 4. The predicted molar refractivity (Wildman–Crippen MR) is 94.4 cm³/mol. The third kappa shape index (κ3) is 3.37. The van der Waals surface area contributed by atoms with Crippen molar-refractivity contribution in [3.8, 4) is 0 Å². The summed E-state index contributed by atoms with van der Waals surface area (Å²) in [5.74, 6) is 0.423. The highest BCUT2D eigenvalue weighted by molar-refractivity contribution is 5.93. The van der Waals surface area contributed by atoms with Crippen molar-refractivity contribution in [2.24, 2.45) is 13.0 Å². The van der Waals surface area contributed by atoms with E-state index in [2.05, 4.69) is 10.1 Å². The Morgan fingerprint density at radius 1 is 1.35 bits per heavy atom. The van der Waals surface area contributed by atoms with E-state index in [0.29, 0.717) is 37.9 Å². The van der Waals surface area contributed by atoms with Gasteiger partial charge in [-0.3, -0.25) is 14.5 Å². The molecule has 0 aromatic carbocycles. The summed E-state index contributed by atoms with van der Waals surface area (Å²) in [6, 6.07) is 5.69. The van der Waals surface area contributed by atoms with E-state index in [9.17, 15) is 4.79 Å². The number of carbonyl (C=O) groups excluding carboxylic acids is 1. The van der Waals surface area contributed by atoms with Crippen LogP contribution in [0.5, 0.6) is 0 Å². The Hall–Kier alpha value is -2.25. The maximum Gasteiger partial charge on any atom is 0.274 e. The monoisotopic (exact) mass is 356 g/mol. The smallest absolute Gasteiger partial charge is 0.274 e. The molecule has 0 bridgehead atoms. The van der Waals surface area contributed by atoms with Crippen LogP contribution in [0.15, 0.2) is 36.8 Å². The molecule has 2 aliphatic rings. The van der Waals surface area contributed by atoms with Crippen molar-refractivity contribution in [2.75, 3.05) is 26.3 Å². The number of hydrogen-bond donors (Lipinski definition) is 0. The molecule has 4 heterocycles. The van der Waals surface area contributed by atoms with Gasteiger partial charge in [0.15, 0.2) is 0 Å². The number of hydrogen-bond acceptors (Lipinski definition) is 5. The van der Waals surface area contributed by atoms with E-state index in [1.807, 2.05) is 24.1 Å². The summed E-state index contributed by atoms with van der Waals surface area (Å²) in [5, 5.41) is 4.20. The average Bonchev–Trinajstić information content (AvgIpc) is 3.24. The second kappa shape index (κ2) is 7.17. The Kier molecular flexibility index (Phi) is 4.74. The van der Waals surface area contributed by atoms with Crippen molar-refractivity contribution in [2.45, 2.75) is 25.0 Å². The van der Waals surface area contributed by atoms with Gasteiger partial charge >= 0.3 is 0 Å². The molecular formula is C19H24N4O3. The van der Waals surface area contributed by atoms with Crippen LogP contribution in [0.1, 0.15) is 28.9 Å². The maximum atomic E-state index is 12.5. The topological polar surface area (TPSA) is 69.5 Å². The van der Waals surface area contributed by atoms with Gasteiger partial charge in [0.05, 0.1) is 19.7 Å². The van der Waals surface area contributed by atoms with Crippen LogP contribution in [-0.4, -0.2) is 57.5 Å². The minimum atomic E-state index is -0.190. The standard InChI is InChI=1S/C19H24N4O3/c1-22-9-4-17(21-22)18(24)23-13-19(14-23)16(6-11-26-19)5-10-25-12-15-2-7-20-8-3-15/h2-4,7-9,16H,5-6,10-14H2,1H3/t16-/m1/s1. The van der Waals surface area contributed by atoms with E-state index in [1.54, 1.807) is 29.3 Å². The molecule has 7 nitrogen and oxygen atoms in total. The number of pyridine rings is 1. The molecule has 2 aromatic rings. The molecule has 1 atom stereocenters. The van der Waals surface area contributed by atoms with E-state index in [0.717, 1.165) is 25.0 Å². The van der Waals surface area contributed by atoms with E-state index in [-0.39, 0.29) is 11.5 Å². The Morgan fingerprint density at radius 2 is 2.15 bits per heavy atom. The third-order valence-electron chi connectivity index (χ3n) is 5.37. The molecule has 7 heteroatoms. The minimum Gasteiger partial charge on any atom is -0.377 e. The fourth-order valence-electron chi connectivity index (χ4n) is 3.87. The van der Waals surface area contributed by atoms with Crippen LogP contribution in [-0.2, 0) is 23.1 Å². The molecule has 0 saturated carbocycles. The summed E-state index contributed by atoms with van der Waals surface area (Å²) in [7, 11) is 1.82. The Bertz CT molecular complexity index is 755. The lowest BCUT2D eigenvalue weighted by Gasteiger charge is -2.50. The van der Waals surface area contributed by atoms with Crippen LogP contribution < -0.4 is 0 Å². The van der Waals surface area contributed by atoms with Gasteiger partial charge < -0.3 is 14.4 Å². The molecule has 2 fully saturated rings. The molecule has 0 radical (unpaired) electrons. The first-order valence-electron chi connectivity index (χ1n) is 9.06. The lowest BCUT2D eigenvalue weighted by Crippen LogP contribution is -2.66. The van der Waals surface area contributed by atoms with E-state index >= 15 is 0 Å². The summed E-state index contributed by atoms with van der Waals surface area (Å²) in [5.41, 5.74) is 1.44. The largest absolute Gasteiger partial charge is 0.377 e. The third-order valence-corrected chi connectivity index (χ3v) is 5.37. The van der Waals surface area contributed by atoms with Gasteiger partial charge in [0.25, 0.3) is 5.91 Å². The average molecular weight is 356 g/mol. The fourth-order valence-corrected chi connectivity index (χ4v) is 3.87. The maximum absolute atomic E-state index is 12.5. The van der Waals surface area contributed by atoms with Crippen molar-refractivity contribution in [1.82, 2.24) is 19.7 Å². The number of amides is 1. The van der Waals surface area contributed by atoms with Gasteiger partial charge in [0.2, 0.25) is 0 Å². The lowest BCUT2D eigenvalue weighted by molar-refractivity contribution is -0.120. The molecule has 2 saturated heterocycles. The highest BCUT2D eigenvalue weighted by Crippen LogP contribution is 2.42. The van der Waals surface area contributed by atoms with Crippen LogP contribution in [0.2, 0.25) is 0 Å². The van der Waals surface area contributed by atoms with E-state index in [1.165, 1.54) is 0 Å². The van der Waals surface area contributed by atoms with Gasteiger partial charge in [-0.25, -0.2) is 0 Å². The first-order chi connectivity index (χ1) is 12.7. The normalized spacial score (nSPS) is 21.1. The Balaban J connectivity index is 1.26. The van der Waals surface area contributed by atoms with Gasteiger partial charge in [-0.1, -0.05) is 0 Å². The van der Waals surface area contributed by atoms with Crippen molar-refractivity contribution in [1.29, 1.82) is 0 Å². The molecule has 0 aliphatic carbocycles. The number of likely N-dealkylation sites (tertiary alicyclic amines) is 1. The number of aryl methyl sites for hydroxylation is 1. The summed E-state index contributed by atoms with van der Waals surface area (Å²) >= 11 is 0. The summed E-state index contributed by atoms with van der Waals surface area (Å²) < 4.78 is 13.5. The second-order valence-electron chi connectivity index (χ2n) is 7.13. The zero-order valence-corrected chi connectivity index (χ0v) is 15.0. The molecule has 1 amide bonds. The van der Waals surface area contributed by atoms with Gasteiger partial charge in [-0.05, 0) is 42.5 Å². The highest BCUT2D eigenvalue weighted by Gasteiger charge is 2.54. The van der Waals surface area contributed by atoms with Gasteiger partial charge in [0.1, 0.15) is 11.3 Å². The first kappa shape index (κ1) is 17.2.